The summed E-state index contributed by atoms with van der Waals surface area (Å²) in [6.07, 6.45) is 3.57. The normalized spacial score (nSPS) is 11.2. The molecule has 0 saturated carbocycles. The van der Waals surface area contributed by atoms with E-state index in [-0.39, 0.29) is 22.5 Å². The second-order valence-electron chi connectivity index (χ2n) is 5.45. The topological polar surface area (TPSA) is 130 Å². The molecule has 142 valence electrons. The number of nitro benzene ring substituents is 2. The first-order valence-corrected chi connectivity index (χ1v) is 7.83. The van der Waals surface area contributed by atoms with E-state index < -0.39 is 21.6 Å². The number of ketones is 1. The minimum Gasteiger partial charge on any atom is -0.465 e. The van der Waals surface area contributed by atoms with E-state index in [2.05, 4.69) is 4.74 Å². The SMILES string of the molecule is COC(=O)/C(=C/c1cccc([N+](=O)[O-])c1)C(=O)/C=C\c1cccc([N+](=O)[O-])c1. The lowest BCUT2D eigenvalue weighted by Crippen LogP contribution is -2.12. The molecule has 2 aromatic carbocycles. The molecule has 0 saturated heterocycles. The predicted molar refractivity (Wildman–Crippen MR) is 100 cm³/mol. The maximum Gasteiger partial charge on any atom is 0.341 e. The van der Waals surface area contributed by atoms with Crippen LogP contribution < -0.4 is 0 Å². The maximum atomic E-state index is 12.4. The smallest absolute Gasteiger partial charge is 0.341 e. The van der Waals surface area contributed by atoms with Crippen LogP contribution in [0.2, 0.25) is 0 Å². The van der Waals surface area contributed by atoms with Crippen LogP contribution in [-0.2, 0) is 14.3 Å². The van der Waals surface area contributed by atoms with Gasteiger partial charge in [0.2, 0.25) is 0 Å². The van der Waals surface area contributed by atoms with Crippen LogP contribution in [-0.4, -0.2) is 28.7 Å². The number of esters is 1. The molecule has 0 aliphatic carbocycles. The molecule has 28 heavy (non-hydrogen) atoms. The van der Waals surface area contributed by atoms with Gasteiger partial charge in [0.25, 0.3) is 11.4 Å². The molecule has 9 nitrogen and oxygen atoms in total. The van der Waals surface area contributed by atoms with Crippen molar-refractivity contribution in [3.63, 3.8) is 0 Å². The van der Waals surface area contributed by atoms with Crippen molar-refractivity contribution in [2.24, 2.45) is 0 Å². The van der Waals surface area contributed by atoms with E-state index in [4.69, 9.17) is 0 Å². The number of nitrogens with zero attached hydrogens (tertiary/aromatic N) is 2. The number of carbonyl (C=O) groups is 2. The molecule has 9 heteroatoms. The molecule has 0 bridgehead atoms. The lowest BCUT2D eigenvalue weighted by atomic mass is 10.1. The van der Waals surface area contributed by atoms with Crippen molar-refractivity contribution in [1.29, 1.82) is 0 Å². The standard InChI is InChI=1S/C19H14N2O7/c1-28-19(23)17(12-14-5-3-7-16(11-14)21(26)27)18(22)9-8-13-4-2-6-15(10-13)20(24)25/h2-12H,1H3/b9-8-,17-12+. The monoisotopic (exact) mass is 382 g/mol. The molecule has 0 fully saturated rings. The summed E-state index contributed by atoms with van der Waals surface area (Å²) in [6.45, 7) is 0. The van der Waals surface area contributed by atoms with Crippen LogP contribution in [0.5, 0.6) is 0 Å². The Hall–Kier alpha value is -4.14. The van der Waals surface area contributed by atoms with Crippen LogP contribution in [0, 0.1) is 20.2 Å². The first kappa shape index (κ1) is 20.2. The Morgan fingerprint density at radius 3 is 2.00 bits per heavy atom. The van der Waals surface area contributed by atoms with Gasteiger partial charge in [-0.05, 0) is 23.3 Å². The van der Waals surface area contributed by atoms with Gasteiger partial charge in [0.1, 0.15) is 5.57 Å². The summed E-state index contributed by atoms with van der Waals surface area (Å²) in [6, 6.07) is 11.0. The summed E-state index contributed by atoms with van der Waals surface area (Å²) >= 11 is 0. The molecule has 0 N–H and O–H groups in total. The largest absolute Gasteiger partial charge is 0.465 e. The maximum absolute atomic E-state index is 12.4. The summed E-state index contributed by atoms with van der Waals surface area (Å²) in [5.41, 5.74) is -0.0222. The Morgan fingerprint density at radius 1 is 0.929 bits per heavy atom. The molecule has 0 unspecified atom stereocenters. The number of carbonyl (C=O) groups excluding carboxylic acids is 2. The van der Waals surface area contributed by atoms with E-state index in [9.17, 15) is 29.8 Å². The van der Waals surface area contributed by atoms with Crippen molar-refractivity contribution in [2.75, 3.05) is 7.11 Å². The predicted octanol–water partition coefficient (Wildman–Crippen LogP) is 3.34. The van der Waals surface area contributed by atoms with Crippen LogP contribution in [0.1, 0.15) is 11.1 Å². The van der Waals surface area contributed by atoms with Gasteiger partial charge in [0.05, 0.1) is 17.0 Å². The van der Waals surface area contributed by atoms with Crippen molar-refractivity contribution in [3.05, 3.63) is 91.5 Å². The number of allylic oxidation sites excluding steroid dienone is 1. The second kappa shape index (κ2) is 8.99. The highest BCUT2D eigenvalue weighted by Crippen LogP contribution is 2.18. The molecule has 2 aromatic rings. The first-order valence-electron chi connectivity index (χ1n) is 7.83. The van der Waals surface area contributed by atoms with Gasteiger partial charge in [-0.25, -0.2) is 4.79 Å². The zero-order valence-electron chi connectivity index (χ0n) is 14.6. The lowest BCUT2D eigenvalue weighted by Gasteiger charge is -2.02. The van der Waals surface area contributed by atoms with Gasteiger partial charge in [-0.1, -0.05) is 30.3 Å². The second-order valence-corrected chi connectivity index (χ2v) is 5.45. The Morgan fingerprint density at radius 2 is 1.46 bits per heavy atom. The highest BCUT2D eigenvalue weighted by molar-refractivity contribution is 6.25. The molecular formula is C19H14N2O7. The van der Waals surface area contributed by atoms with E-state index in [1.807, 2.05) is 0 Å². The zero-order chi connectivity index (χ0) is 20.7. The number of rotatable bonds is 7. The Balaban J connectivity index is 2.35. The molecule has 0 heterocycles. The highest BCUT2D eigenvalue weighted by Gasteiger charge is 2.17. The average Bonchev–Trinajstić information content (AvgIpc) is 2.70. The Kier molecular flexibility index (Phi) is 6.48. The number of non-ortho nitro benzene ring substituents is 2. The molecule has 2 rings (SSSR count). The van der Waals surface area contributed by atoms with Crippen molar-refractivity contribution in [2.45, 2.75) is 0 Å². The minimum absolute atomic E-state index is 0.144. The van der Waals surface area contributed by atoms with Crippen LogP contribution in [0.4, 0.5) is 11.4 Å². The lowest BCUT2D eigenvalue weighted by molar-refractivity contribution is -0.385. The van der Waals surface area contributed by atoms with Gasteiger partial charge >= 0.3 is 5.97 Å². The van der Waals surface area contributed by atoms with Crippen LogP contribution >= 0.6 is 0 Å². The van der Waals surface area contributed by atoms with Gasteiger partial charge in [0.15, 0.2) is 5.78 Å². The number of benzene rings is 2. The van der Waals surface area contributed by atoms with Crippen molar-refractivity contribution in [1.82, 2.24) is 0 Å². The van der Waals surface area contributed by atoms with E-state index in [1.165, 1.54) is 54.6 Å². The zero-order valence-corrected chi connectivity index (χ0v) is 14.6. The summed E-state index contributed by atoms with van der Waals surface area (Å²) in [4.78, 5) is 44.9. The van der Waals surface area contributed by atoms with Gasteiger partial charge in [-0.2, -0.15) is 0 Å². The third-order valence-corrected chi connectivity index (χ3v) is 3.57. The summed E-state index contributed by atoms with van der Waals surface area (Å²) in [5, 5.41) is 21.7. The van der Waals surface area contributed by atoms with Crippen LogP contribution in [0.25, 0.3) is 12.2 Å². The third kappa shape index (κ3) is 5.18. The molecule has 0 aromatic heterocycles. The molecule has 0 amide bonds. The fraction of sp³-hybridized carbons (Fsp3) is 0.0526. The molecule has 0 aliphatic rings. The van der Waals surface area contributed by atoms with E-state index in [0.29, 0.717) is 5.56 Å². The van der Waals surface area contributed by atoms with E-state index in [0.717, 1.165) is 13.2 Å². The quantitative estimate of drug-likeness (QED) is 0.179. The van der Waals surface area contributed by atoms with Crippen molar-refractivity contribution < 1.29 is 24.2 Å². The molecule has 0 atom stereocenters. The fourth-order valence-electron chi connectivity index (χ4n) is 2.24. The number of hydrogen-bond donors (Lipinski definition) is 0. The van der Waals surface area contributed by atoms with E-state index in [1.54, 1.807) is 6.07 Å². The van der Waals surface area contributed by atoms with Gasteiger partial charge in [0, 0.05) is 24.3 Å². The third-order valence-electron chi connectivity index (χ3n) is 3.57. The first-order chi connectivity index (χ1) is 13.3. The summed E-state index contributed by atoms with van der Waals surface area (Å²) in [7, 11) is 1.10. The number of nitro groups is 2. The van der Waals surface area contributed by atoms with E-state index >= 15 is 0 Å². The van der Waals surface area contributed by atoms with Crippen molar-refractivity contribution in [3.8, 4) is 0 Å². The summed E-state index contributed by atoms with van der Waals surface area (Å²) < 4.78 is 4.60. The average molecular weight is 382 g/mol. The minimum atomic E-state index is -0.916. The van der Waals surface area contributed by atoms with Gasteiger partial charge < -0.3 is 4.74 Å². The Bertz CT molecular complexity index is 1010. The summed E-state index contributed by atoms with van der Waals surface area (Å²) in [5.74, 6) is -1.63. The van der Waals surface area contributed by atoms with Gasteiger partial charge in [-0.15, -0.1) is 0 Å². The Labute approximate surface area is 158 Å². The molecule has 0 spiro atoms. The molecule has 0 aliphatic heterocycles. The van der Waals surface area contributed by atoms with Gasteiger partial charge in [-0.3, -0.25) is 25.0 Å². The number of ether oxygens (including phenoxy) is 1. The van der Waals surface area contributed by atoms with Crippen molar-refractivity contribution >= 4 is 35.3 Å². The number of methoxy groups -OCH3 is 1. The van der Waals surface area contributed by atoms with Crippen LogP contribution in [0.15, 0.2) is 60.2 Å². The molecule has 0 radical (unpaired) electrons. The molecular weight excluding hydrogens is 368 g/mol. The fourth-order valence-corrected chi connectivity index (χ4v) is 2.24. The van der Waals surface area contributed by atoms with Crippen LogP contribution in [0.3, 0.4) is 0 Å². The highest BCUT2D eigenvalue weighted by atomic mass is 16.6. The number of hydrogen-bond acceptors (Lipinski definition) is 7.